The third kappa shape index (κ3) is 3.71. The molecule has 24 heavy (non-hydrogen) atoms. The molecule has 0 saturated heterocycles. The molecule has 0 bridgehead atoms. The summed E-state index contributed by atoms with van der Waals surface area (Å²) in [5, 5.41) is 5.61. The van der Waals surface area contributed by atoms with Crippen LogP contribution in [-0.2, 0) is 9.59 Å². The molecule has 0 aromatic heterocycles. The van der Waals surface area contributed by atoms with E-state index in [0.717, 1.165) is 10.5 Å². The molecule has 1 heterocycles. The zero-order chi connectivity index (χ0) is 17.1. The van der Waals surface area contributed by atoms with Gasteiger partial charge in [0, 0.05) is 10.6 Å². The topological polar surface area (TPSA) is 67.4 Å². The zero-order valence-corrected chi connectivity index (χ0v) is 14.3. The van der Waals surface area contributed by atoms with Gasteiger partial charge in [-0.2, -0.15) is 0 Å². The number of carbonyl (C=O) groups excluding carboxylic acids is 2. The summed E-state index contributed by atoms with van der Waals surface area (Å²) in [6.07, 6.45) is -0.511. The van der Waals surface area contributed by atoms with Crippen LogP contribution in [-0.4, -0.2) is 23.7 Å². The Morgan fingerprint density at radius 3 is 2.88 bits per heavy atom. The maximum Gasteiger partial charge on any atom is 0.265 e. The van der Waals surface area contributed by atoms with Gasteiger partial charge in [0.25, 0.3) is 5.91 Å². The fraction of sp³-hybridized carbons (Fsp3) is 0.222. The molecule has 2 amide bonds. The number of benzene rings is 2. The van der Waals surface area contributed by atoms with Crippen molar-refractivity contribution in [2.24, 2.45) is 0 Å². The second-order valence-corrected chi connectivity index (χ2v) is 6.58. The molecular formula is C18H18N2O3S. The van der Waals surface area contributed by atoms with Crippen LogP contribution in [0.15, 0.2) is 47.4 Å². The predicted molar refractivity (Wildman–Crippen MR) is 95.7 cm³/mol. The van der Waals surface area contributed by atoms with E-state index in [1.54, 1.807) is 25.1 Å². The van der Waals surface area contributed by atoms with E-state index in [-0.39, 0.29) is 11.8 Å². The molecule has 2 aromatic rings. The van der Waals surface area contributed by atoms with Crippen LogP contribution in [0.4, 0.5) is 11.4 Å². The average molecular weight is 342 g/mol. The molecule has 0 saturated carbocycles. The van der Waals surface area contributed by atoms with Crippen LogP contribution in [0.25, 0.3) is 0 Å². The van der Waals surface area contributed by atoms with Crippen molar-refractivity contribution in [3.63, 3.8) is 0 Å². The Labute approximate surface area is 144 Å². The number of amides is 2. The summed E-state index contributed by atoms with van der Waals surface area (Å²) in [4.78, 5) is 24.9. The molecule has 0 fully saturated rings. The highest BCUT2D eigenvalue weighted by Gasteiger charge is 2.23. The first-order chi connectivity index (χ1) is 11.5. The van der Waals surface area contributed by atoms with Gasteiger partial charge in [-0.15, -0.1) is 11.8 Å². The Hall–Kier alpha value is -2.47. The molecule has 0 aliphatic carbocycles. The zero-order valence-electron chi connectivity index (χ0n) is 13.5. The van der Waals surface area contributed by atoms with Gasteiger partial charge in [-0.25, -0.2) is 0 Å². The lowest BCUT2D eigenvalue weighted by atomic mass is 10.2. The lowest BCUT2D eigenvalue weighted by Gasteiger charge is -2.23. The van der Waals surface area contributed by atoms with Crippen LogP contribution in [0.3, 0.4) is 0 Å². The molecule has 1 atom stereocenters. The first-order valence-corrected chi connectivity index (χ1v) is 8.61. The van der Waals surface area contributed by atoms with Gasteiger partial charge in [-0.05, 0) is 43.7 Å². The average Bonchev–Trinajstić information content (AvgIpc) is 2.55. The molecule has 2 N–H and O–H groups in total. The van der Waals surface area contributed by atoms with Gasteiger partial charge in [-0.3, -0.25) is 9.59 Å². The summed E-state index contributed by atoms with van der Waals surface area (Å²) < 4.78 is 5.49. The van der Waals surface area contributed by atoms with E-state index in [9.17, 15) is 9.59 Å². The van der Waals surface area contributed by atoms with E-state index < -0.39 is 6.10 Å². The van der Waals surface area contributed by atoms with Crippen molar-refractivity contribution in [3.05, 3.63) is 48.0 Å². The Kier molecular flexibility index (Phi) is 4.76. The van der Waals surface area contributed by atoms with E-state index in [1.807, 2.05) is 31.2 Å². The Balaban J connectivity index is 1.62. The van der Waals surface area contributed by atoms with Crippen molar-refractivity contribution >= 4 is 35.0 Å². The van der Waals surface area contributed by atoms with E-state index in [0.29, 0.717) is 22.9 Å². The van der Waals surface area contributed by atoms with Crippen molar-refractivity contribution in [3.8, 4) is 5.75 Å². The molecular weight excluding hydrogens is 324 g/mol. The summed E-state index contributed by atoms with van der Waals surface area (Å²) in [5.41, 5.74) is 2.35. The highest BCUT2D eigenvalue weighted by molar-refractivity contribution is 8.00. The highest BCUT2D eigenvalue weighted by Crippen LogP contribution is 2.32. The van der Waals surface area contributed by atoms with Crippen LogP contribution in [0.5, 0.6) is 5.75 Å². The smallest absolute Gasteiger partial charge is 0.265 e. The third-order valence-corrected chi connectivity index (χ3v) is 4.82. The second-order valence-electron chi connectivity index (χ2n) is 5.56. The first-order valence-electron chi connectivity index (χ1n) is 7.63. The van der Waals surface area contributed by atoms with Crippen LogP contribution < -0.4 is 15.4 Å². The van der Waals surface area contributed by atoms with Gasteiger partial charge in [-0.1, -0.05) is 18.2 Å². The number of fused-ring (bicyclic) bond motifs is 1. The summed E-state index contributed by atoms with van der Waals surface area (Å²) in [7, 11) is 0. The lowest BCUT2D eigenvalue weighted by molar-refractivity contribution is -0.122. The first kappa shape index (κ1) is 16.4. The van der Waals surface area contributed by atoms with Crippen LogP contribution in [0.1, 0.15) is 12.5 Å². The number of carbonyl (C=O) groups is 2. The minimum absolute atomic E-state index is 0.0976. The molecule has 124 valence electrons. The Morgan fingerprint density at radius 2 is 2.08 bits per heavy atom. The lowest BCUT2D eigenvalue weighted by Crippen LogP contribution is -2.34. The minimum atomic E-state index is -0.511. The second kappa shape index (κ2) is 6.97. The van der Waals surface area contributed by atoms with Gasteiger partial charge in [0.05, 0.1) is 11.4 Å². The van der Waals surface area contributed by atoms with E-state index >= 15 is 0 Å². The van der Waals surface area contributed by atoms with E-state index in [1.165, 1.54) is 11.8 Å². The van der Waals surface area contributed by atoms with E-state index in [4.69, 9.17) is 4.74 Å². The standard InChI is InChI=1S/C18H18N2O3S/c1-11-5-3-4-6-16(11)24-10-17(21)19-13-7-8-15-14(9-13)20-18(22)12(2)23-15/h3-9,12H,10H2,1-2H3,(H,19,21)(H,20,22)/t12-/m1/s1. The van der Waals surface area contributed by atoms with Gasteiger partial charge in [0.15, 0.2) is 6.10 Å². The summed E-state index contributed by atoms with van der Waals surface area (Å²) >= 11 is 1.50. The SMILES string of the molecule is Cc1ccccc1SCC(=O)Nc1ccc2c(c1)NC(=O)[C@@H](C)O2. The van der Waals surface area contributed by atoms with Gasteiger partial charge in [0.1, 0.15) is 5.75 Å². The molecule has 0 unspecified atom stereocenters. The molecule has 3 rings (SSSR count). The van der Waals surface area contributed by atoms with Gasteiger partial charge >= 0.3 is 0 Å². The van der Waals surface area contributed by atoms with Crippen LogP contribution >= 0.6 is 11.8 Å². The summed E-state index contributed by atoms with van der Waals surface area (Å²) in [6, 6.07) is 13.2. The van der Waals surface area contributed by atoms with Crippen molar-refractivity contribution in [1.29, 1.82) is 0 Å². The molecule has 1 aliphatic rings. The van der Waals surface area contributed by atoms with Crippen molar-refractivity contribution in [1.82, 2.24) is 0 Å². The largest absolute Gasteiger partial charge is 0.479 e. The number of hydrogen-bond acceptors (Lipinski definition) is 4. The Morgan fingerprint density at radius 1 is 1.29 bits per heavy atom. The van der Waals surface area contributed by atoms with Crippen LogP contribution in [0, 0.1) is 6.92 Å². The van der Waals surface area contributed by atoms with Crippen LogP contribution in [0.2, 0.25) is 0 Å². The number of rotatable bonds is 4. The molecule has 0 radical (unpaired) electrons. The number of hydrogen-bond donors (Lipinski definition) is 2. The van der Waals surface area contributed by atoms with Gasteiger partial charge in [0.2, 0.25) is 5.91 Å². The van der Waals surface area contributed by atoms with Crippen molar-refractivity contribution in [2.45, 2.75) is 24.8 Å². The fourth-order valence-corrected chi connectivity index (χ4v) is 3.17. The molecule has 0 spiro atoms. The maximum absolute atomic E-state index is 12.1. The monoisotopic (exact) mass is 342 g/mol. The Bertz CT molecular complexity index is 792. The number of ether oxygens (including phenoxy) is 1. The molecule has 2 aromatic carbocycles. The predicted octanol–water partition coefficient (Wildman–Crippen LogP) is 3.45. The van der Waals surface area contributed by atoms with E-state index in [2.05, 4.69) is 10.6 Å². The molecule has 5 nitrogen and oxygen atoms in total. The fourth-order valence-electron chi connectivity index (χ4n) is 2.35. The van der Waals surface area contributed by atoms with Crippen molar-refractivity contribution in [2.75, 3.05) is 16.4 Å². The number of aryl methyl sites for hydroxylation is 1. The third-order valence-electron chi connectivity index (χ3n) is 3.65. The molecule has 6 heteroatoms. The number of anilines is 2. The number of thioether (sulfide) groups is 1. The normalized spacial score (nSPS) is 15.9. The summed E-state index contributed by atoms with van der Waals surface area (Å²) in [5.74, 6) is 0.636. The number of nitrogens with one attached hydrogen (secondary N) is 2. The van der Waals surface area contributed by atoms with Crippen molar-refractivity contribution < 1.29 is 14.3 Å². The quantitative estimate of drug-likeness (QED) is 0.835. The van der Waals surface area contributed by atoms with Gasteiger partial charge < -0.3 is 15.4 Å². The minimum Gasteiger partial charge on any atom is -0.479 e. The summed E-state index contributed by atoms with van der Waals surface area (Å²) in [6.45, 7) is 3.71. The maximum atomic E-state index is 12.1. The molecule has 1 aliphatic heterocycles. The highest BCUT2D eigenvalue weighted by atomic mass is 32.2.